The van der Waals surface area contributed by atoms with Crippen LogP contribution < -0.4 is 14.8 Å². The van der Waals surface area contributed by atoms with E-state index in [2.05, 4.69) is 10.1 Å². The van der Waals surface area contributed by atoms with Crippen molar-refractivity contribution >= 4 is 23.4 Å². The highest BCUT2D eigenvalue weighted by molar-refractivity contribution is 7.99. The van der Waals surface area contributed by atoms with Gasteiger partial charge in [0.25, 0.3) is 5.03 Å². The van der Waals surface area contributed by atoms with E-state index in [1.54, 1.807) is 18.2 Å². The van der Waals surface area contributed by atoms with Gasteiger partial charge in [-0.25, -0.2) is 0 Å². The number of carbonyl (C=O) groups is 1. The van der Waals surface area contributed by atoms with Crippen molar-refractivity contribution in [2.75, 3.05) is 11.1 Å². The van der Waals surface area contributed by atoms with Crippen LogP contribution in [0.15, 0.2) is 53.7 Å². The SMILES string of the molecule is O=C(CSc1cccc[n+]1[O-])Nc1ccc(OC(F)(F)F)cc1. The molecule has 0 radical (unpaired) electrons. The number of alkyl halides is 3. The van der Waals surface area contributed by atoms with Crippen molar-refractivity contribution in [2.45, 2.75) is 11.4 Å². The number of nitrogens with one attached hydrogen (secondary N) is 1. The number of aromatic nitrogens is 1. The predicted molar refractivity (Wildman–Crippen MR) is 77.9 cm³/mol. The second-order valence-electron chi connectivity index (χ2n) is 4.27. The molecule has 0 unspecified atom stereocenters. The van der Waals surface area contributed by atoms with Crippen LogP contribution in [0.2, 0.25) is 0 Å². The van der Waals surface area contributed by atoms with E-state index >= 15 is 0 Å². The van der Waals surface area contributed by atoms with Gasteiger partial charge in [0.2, 0.25) is 5.91 Å². The molecule has 1 amide bonds. The lowest BCUT2D eigenvalue weighted by molar-refractivity contribution is -0.645. The Morgan fingerprint density at radius 2 is 1.91 bits per heavy atom. The molecule has 9 heteroatoms. The Bertz CT molecular complexity index is 678. The number of amides is 1. The number of halogens is 3. The molecule has 2 aromatic rings. The molecule has 0 aliphatic rings. The summed E-state index contributed by atoms with van der Waals surface area (Å²) >= 11 is 1.05. The van der Waals surface area contributed by atoms with Crippen LogP contribution in [0.3, 0.4) is 0 Å². The molecule has 122 valence electrons. The maximum Gasteiger partial charge on any atom is 0.573 e. The van der Waals surface area contributed by atoms with Crippen molar-refractivity contribution in [1.82, 2.24) is 0 Å². The third kappa shape index (κ3) is 5.70. The van der Waals surface area contributed by atoms with Gasteiger partial charge >= 0.3 is 6.36 Å². The highest BCUT2D eigenvalue weighted by atomic mass is 32.2. The van der Waals surface area contributed by atoms with Crippen LogP contribution >= 0.6 is 11.8 Å². The van der Waals surface area contributed by atoms with Gasteiger partial charge in [-0.3, -0.25) is 4.79 Å². The van der Waals surface area contributed by atoms with Crippen LogP contribution in [0.4, 0.5) is 18.9 Å². The molecule has 1 aromatic carbocycles. The standard InChI is InChI=1S/C14H11F3N2O3S/c15-14(16,17)22-11-6-4-10(5-7-11)18-12(20)9-23-13-3-1-2-8-19(13)21/h1-8H,9H2,(H,18,20). The fraction of sp³-hybridized carbons (Fsp3) is 0.143. The molecule has 1 N–H and O–H groups in total. The van der Waals surface area contributed by atoms with E-state index < -0.39 is 6.36 Å². The first kappa shape index (κ1) is 16.9. The van der Waals surface area contributed by atoms with E-state index in [9.17, 15) is 23.2 Å². The summed E-state index contributed by atoms with van der Waals surface area (Å²) in [5.74, 6) is -0.766. The number of hydrogen-bond acceptors (Lipinski definition) is 4. The number of thioether (sulfide) groups is 1. The summed E-state index contributed by atoms with van der Waals surface area (Å²) in [4.78, 5) is 11.8. The quantitative estimate of drug-likeness (QED) is 0.515. The van der Waals surface area contributed by atoms with Gasteiger partial charge in [-0.2, -0.15) is 4.73 Å². The summed E-state index contributed by atoms with van der Waals surface area (Å²) in [6, 6.07) is 9.60. The van der Waals surface area contributed by atoms with Gasteiger partial charge in [0.05, 0.1) is 5.75 Å². The number of pyridine rings is 1. The highest BCUT2D eigenvalue weighted by Crippen LogP contribution is 2.24. The Morgan fingerprint density at radius 3 is 2.52 bits per heavy atom. The Morgan fingerprint density at radius 1 is 1.22 bits per heavy atom. The number of nitrogens with zero attached hydrogens (tertiary/aromatic N) is 1. The number of carbonyl (C=O) groups excluding carboxylic acids is 1. The topological polar surface area (TPSA) is 65.3 Å². The molecular formula is C14H11F3N2O3S. The van der Waals surface area contributed by atoms with Crippen molar-refractivity contribution in [3.63, 3.8) is 0 Å². The normalized spacial score (nSPS) is 11.1. The minimum Gasteiger partial charge on any atom is -0.618 e. The lowest BCUT2D eigenvalue weighted by Crippen LogP contribution is -2.28. The third-order valence-corrected chi connectivity index (χ3v) is 3.53. The molecule has 0 spiro atoms. The van der Waals surface area contributed by atoms with Gasteiger partial charge in [0.15, 0.2) is 6.20 Å². The fourth-order valence-electron chi connectivity index (χ4n) is 1.60. The average molecular weight is 344 g/mol. The molecule has 1 heterocycles. The molecule has 0 saturated heterocycles. The molecule has 1 aromatic heterocycles. The van der Waals surface area contributed by atoms with E-state index in [-0.39, 0.29) is 17.4 Å². The van der Waals surface area contributed by atoms with Crippen LogP contribution in [0.25, 0.3) is 0 Å². The second kappa shape index (κ2) is 7.23. The molecule has 0 fully saturated rings. The van der Waals surface area contributed by atoms with Gasteiger partial charge in [0.1, 0.15) is 5.75 Å². The van der Waals surface area contributed by atoms with E-state index in [4.69, 9.17) is 0 Å². The minimum atomic E-state index is -4.76. The van der Waals surface area contributed by atoms with Crippen LogP contribution in [0.1, 0.15) is 0 Å². The molecule has 0 saturated carbocycles. The molecule has 0 bridgehead atoms. The van der Waals surface area contributed by atoms with Crippen molar-refractivity contribution in [1.29, 1.82) is 0 Å². The predicted octanol–water partition coefficient (Wildman–Crippen LogP) is 2.95. The van der Waals surface area contributed by atoms with Gasteiger partial charge in [-0.1, -0.05) is 0 Å². The maximum absolute atomic E-state index is 12.0. The smallest absolute Gasteiger partial charge is 0.573 e. The van der Waals surface area contributed by atoms with Crippen molar-refractivity contribution in [3.05, 3.63) is 53.9 Å². The number of hydrogen-bond donors (Lipinski definition) is 1. The lowest BCUT2D eigenvalue weighted by Gasteiger charge is -2.10. The second-order valence-corrected chi connectivity index (χ2v) is 5.27. The zero-order valence-corrected chi connectivity index (χ0v) is 12.4. The Labute approximate surface area is 133 Å². The first-order valence-corrected chi connectivity index (χ1v) is 7.29. The molecule has 0 aliphatic carbocycles. The minimum absolute atomic E-state index is 0.00689. The van der Waals surface area contributed by atoms with Crippen LogP contribution in [0.5, 0.6) is 5.75 Å². The molecule has 5 nitrogen and oxygen atoms in total. The molecule has 23 heavy (non-hydrogen) atoms. The fourth-order valence-corrected chi connectivity index (χ4v) is 2.31. The Balaban J connectivity index is 1.87. The Kier molecular flexibility index (Phi) is 5.32. The number of rotatable bonds is 5. The van der Waals surface area contributed by atoms with Crippen molar-refractivity contribution in [3.8, 4) is 5.75 Å². The zero-order valence-electron chi connectivity index (χ0n) is 11.5. The van der Waals surface area contributed by atoms with Crippen LogP contribution in [-0.4, -0.2) is 18.0 Å². The zero-order chi connectivity index (χ0) is 16.9. The lowest BCUT2D eigenvalue weighted by atomic mass is 10.3. The number of anilines is 1. The third-order valence-electron chi connectivity index (χ3n) is 2.51. The molecule has 2 rings (SSSR count). The van der Waals surface area contributed by atoms with Crippen LogP contribution in [-0.2, 0) is 4.79 Å². The summed E-state index contributed by atoms with van der Waals surface area (Å²) in [6.45, 7) is 0. The summed E-state index contributed by atoms with van der Waals surface area (Å²) in [6.07, 6.45) is -3.44. The molecular weight excluding hydrogens is 333 g/mol. The van der Waals surface area contributed by atoms with E-state index in [0.717, 1.165) is 23.9 Å². The van der Waals surface area contributed by atoms with E-state index in [1.807, 2.05) is 0 Å². The monoisotopic (exact) mass is 344 g/mol. The van der Waals surface area contributed by atoms with Crippen molar-refractivity contribution in [2.24, 2.45) is 0 Å². The molecule has 0 atom stereocenters. The largest absolute Gasteiger partial charge is 0.618 e. The number of benzene rings is 1. The summed E-state index contributed by atoms with van der Waals surface area (Å²) in [5.41, 5.74) is 0.327. The summed E-state index contributed by atoms with van der Waals surface area (Å²) in [7, 11) is 0. The van der Waals surface area contributed by atoms with Crippen LogP contribution in [0, 0.1) is 5.21 Å². The summed E-state index contributed by atoms with van der Waals surface area (Å²) < 4.78 is 40.4. The van der Waals surface area contributed by atoms with Crippen molar-refractivity contribution < 1.29 is 27.4 Å². The Hall–Kier alpha value is -2.42. The number of ether oxygens (including phenoxy) is 1. The molecule has 0 aliphatic heterocycles. The van der Waals surface area contributed by atoms with E-state index in [1.165, 1.54) is 18.3 Å². The first-order valence-electron chi connectivity index (χ1n) is 6.30. The van der Waals surface area contributed by atoms with Gasteiger partial charge in [-0.15, -0.1) is 13.2 Å². The van der Waals surface area contributed by atoms with E-state index in [0.29, 0.717) is 15.4 Å². The maximum atomic E-state index is 12.0. The first-order chi connectivity index (χ1) is 10.8. The average Bonchev–Trinajstić information content (AvgIpc) is 2.47. The van der Waals surface area contributed by atoms with Gasteiger partial charge < -0.3 is 15.3 Å². The summed E-state index contributed by atoms with van der Waals surface area (Å²) in [5, 5.41) is 14.3. The van der Waals surface area contributed by atoms with Gasteiger partial charge in [-0.05, 0) is 42.1 Å². The van der Waals surface area contributed by atoms with Gasteiger partial charge in [0, 0.05) is 17.8 Å². The highest BCUT2D eigenvalue weighted by Gasteiger charge is 2.30.